The second kappa shape index (κ2) is 13.2. The van der Waals surface area contributed by atoms with Crippen LogP contribution in [-0.4, -0.2) is 73.1 Å². The van der Waals surface area contributed by atoms with Gasteiger partial charge in [-0.25, -0.2) is 18.7 Å². The summed E-state index contributed by atoms with van der Waals surface area (Å²) in [5.74, 6) is 0.826. The predicted octanol–water partition coefficient (Wildman–Crippen LogP) is 5.99. The predicted molar refractivity (Wildman–Crippen MR) is 168 cm³/mol. The van der Waals surface area contributed by atoms with Crippen molar-refractivity contribution in [2.45, 2.75) is 10.9 Å². The molecule has 3 heterocycles. The molecule has 0 radical (unpaired) electrons. The zero-order valence-corrected chi connectivity index (χ0v) is 25.1. The van der Waals surface area contributed by atoms with Crippen LogP contribution in [0.3, 0.4) is 0 Å². The number of thioether (sulfide) groups is 1. The second-order valence-electron chi connectivity index (χ2n) is 10.5. The molecule has 2 saturated heterocycles. The first kappa shape index (κ1) is 29.2. The van der Waals surface area contributed by atoms with Crippen LogP contribution in [0.2, 0.25) is 5.15 Å². The van der Waals surface area contributed by atoms with Gasteiger partial charge in [-0.3, -0.25) is 4.79 Å². The molecular formula is C32H31ClF2N6OS. The average Bonchev–Trinajstić information content (AvgIpc) is 3.04. The van der Waals surface area contributed by atoms with E-state index in [-0.39, 0.29) is 17.5 Å². The third kappa shape index (κ3) is 6.86. The summed E-state index contributed by atoms with van der Waals surface area (Å²) in [7, 11) is 0. The maximum Gasteiger partial charge on any atom is 0.253 e. The summed E-state index contributed by atoms with van der Waals surface area (Å²) in [5, 5.41) is 0.919. The molecule has 2 aliphatic rings. The number of amides is 1. The highest BCUT2D eigenvalue weighted by molar-refractivity contribution is 7.98. The number of anilines is 3. The highest BCUT2D eigenvalue weighted by Gasteiger charge is 2.24. The Hall–Kier alpha value is -3.89. The molecule has 0 spiro atoms. The van der Waals surface area contributed by atoms with Crippen molar-refractivity contribution in [2.24, 2.45) is 0 Å². The van der Waals surface area contributed by atoms with Crippen LogP contribution in [0, 0.1) is 11.6 Å². The molecule has 0 unspecified atom stereocenters. The van der Waals surface area contributed by atoms with Crippen LogP contribution in [0.1, 0.15) is 15.9 Å². The number of piperazine rings is 2. The number of benzene rings is 3. The van der Waals surface area contributed by atoms with Crippen LogP contribution in [-0.2, 0) is 5.75 Å². The summed E-state index contributed by atoms with van der Waals surface area (Å²) >= 11 is 7.84. The van der Waals surface area contributed by atoms with Gasteiger partial charge in [0.15, 0.2) is 5.16 Å². The van der Waals surface area contributed by atoms with Crippen molar-refractivity contribution in [1.82, 2.24) is 14.9 Å². The van der Waals surface area contributed by atoms with Crippen LogP contribution in [0.4, 0.5) is 26.0 Å². The summed E-state index contributed by atoms with van der Waals surface area (Å²) in [4.78, 5) is 30.4. The molecule has 3 aromatic carbocycles. The molecule has 11 heteroatoms. The van der Waals surface area contributed by atoms with Crippen molar-refractivity contribution >= 4 is 46.5 Å². The Morgan fingerprint density at radius 3 is 1.93 bits per heavy atom. The van der Waals surface area contributed by atoms with Gasteiger partial charge in [-0.1, -0.05) is 59.8 Å². The molecule has 222 valence electrons. The molecule has 2 aliphatic heterocycles. The van der Waals surface area contributed by atoms with E-state index in [0.29, 0.717) is 85.4 Å². The van der Waals surface area contributed by atoms with Gasteiger partial charge in [0.05, 0.1) is 11.4 Å². The maximum atomic E-state index is 14.2. The standard InChI is InChI=1S/C32H31ClF2N6OS/c33-29-21-30(40-16-12-38(13-17-40)27-10-3-1-8-25(27)34)37-32(36-29)43-22-23-6-5-7-24(20-23)31(42)41-18-14-39(15-19-41)28-11-4-2-9-26(28)35/h1-11,20-21H,12-19,22H2. The van der Waals surface area contributed by atoms with Crippen LogP contribution in [0.5, 0.6) is 0 Å². The van der Waals surface area contributed by atoms with E-state index in [1.807, 2.05) is 51.1 Å². The monoisotopic (exact) mass is 620 g/mol. The number of halogens is 3. The highest BCUT2D eigenvalue weighted by Crippen LogP contribution is 2.27. The molecule has 7 nitrogen and oxygen atoms in total. The largest absolute Gasteiger partial charge is 0.366 e. The van der Waals surface area contributed by atoms with Crippen LogP contribution in [0.15, 0.2) is 84.0 Å². The number of carbonyl (C=O) groups excluding carboxylic acids is 1. The van der Waals surface area contributed by atoms with Crippen LogP contribution in [0.25, 0.3) is 0 Å². The van der Waals surface area contributed by atoms with Gasteiger partial charge in [0, 0.05) is 69.7 Å². The average molecular weight is 621 g/mol. The minimum atomic E-state index is -0.245. The van der Waals surface area contributed by atoms with E-state index in [1.54, 1.807) is 30.3 Å². The number of carbonyl (C=O) groups is 1. The van der Waals surface area contributed by atoms with Crippen molar-refractivity contribution in [2.75, 3.05) is 67.1 Å². The number of hydrogen-bond donors (Lipinski definition) is 0. The van der Waals surface area contributed by atoms with Crippen LogP contribution >= 0.6 is 23.4 Å². The fourth-order valence-electron chi connectivity index (χ4n) is 5.48. The van der Waals surface area contributed by atoms with E-state index in [2.05, 4.69) is 9.88 Å². The normalized spacial score (nSPS) is 15.6. The third-order valence-corrected chi connectivity index (χ3v) is 8.87. The van der Waals surface area contributed by atoms with Gasteiger partial charge in [0.25, 0.3) is 5.91 Å². The number of aromatic nitrogens is 2. The zero-order chi connectivity index (χ0) is 29.8. The number of hydrogen-bond acceptors (Lipinski definition) is 7. The summed E-state index contributed by atoms with van der Waals surface area (Å²) in [6.07, 6.45) is 0. The van der Waals surface area contributed by atoms with Crippen molar-refractivity contribution in [3.8, 4) is 0 Å². The van der Waals surface area contributed by atoms with Crippen molar-refractivity contribution < 1.29 is 13.6 Å². The smallest absolute Gasteiger partial charge is 0.253 e. The molecule has 0 saturated carbocycles. The van der Waals surface area contributed by atoms with Gasteiger partial charge in [-0.2, -0.15) is 0 Å². The maximum absolute atomic E-state index is 14.2. The molecule has 43 heavy (non-hydrogen) atoms. The van der Waals surface area contributed by atoms with Gasteiger partial charge in [0.1, 0.15) is 22.6 Å². The molecule has 0 N–H and O–H groups in total. The van der Waals surface area contributed by atoms with E-state index in [9.17, 15) is 13.6 Å². The highest BCUT2D eigenvalue weighted by atomic mass is 35.5. The minimum absolute atomic E-state index is 0.0316. The molecule has 1 aromatic heterocycles. The molecule has 4 aromatic rings. The van der Waals surface area contributed by atoms with Gasteiger partial charge >= 0.3 is 0 Å². The van der Waals surface area contributed by atoms with Crippen molar-refractivity contribution in [1.29, 1.82) is 0 Å². The molecule has 2 fully saturated rings. The van der Waals surface area contributed by atoms with Gasteiger partial charge in [-0.05, 0) is 42.0 Å². The van der Waals surface area contributed by atoms with E-state index < -0.39 is 0 Å². The Morgan fingerprint density at radius 1 is 0.721 bits per heavy atom. The SMILES string of the molecule is O=C(c1cccc(CSc2nc(Cl)cc(N3CCN(c4ccccc4F)CC3)n2)c1)N1CCN(c2ccccc2F)CC1. The molecule has 0 bridgehead atoms. The lowest BCUT2D eigenvalue weighted by Gasteiger charge is -2.36. The van der Waals surface area contributed by atoms with E-state index in [0.717, 1.165) is 11.4 Å². The second-order valence-corrected chi connectivity index (χ2v) is 11.8. The first-order valence-electron chi connectivity index (χ1n) is 14.2. The minimum Gasteiger partial charge on any atom is -0.366 e. The third-order valence-electron chi connectivity index (χ3n) is 7.76. The van der Waals surface area contributed by atoms with Gasteiger partial charge in [-0.15, -0.1) is 0 Å². The van der Waals surface area contributed by atoms with Gasteiger partial charge in [0.2, 0.25) is 0 Å². The quantitative estimate of drug-likeness (QED) is 0.143. The summed E-state index contributed by atoms with van der Waals surface area (Å²) in [5.41, 5.74) is 2.79. The molecule has 6 rings (SSSR count). The lowest BCUT2D eigenvalue weighted by molar-refractivity contribution is 0.0746. The first-order chi connectivity index (χ1) is 20.9. The van der Waals surface area contributed by atoms with Crippen molar-refractivity contribution in [3.05, 3.63) is 107 Å². The van der Waals surface area contributed by atoms with E-state index >= 15 is 0 Å². The van der Waals surface area contributed by atoms with Crippen molar-refractivity contribution in [3.63, 3.8) is 0 Å². The van der Waals surface area contributed by atoms with Gasteiger partial charge < -0.3 is 19.6 Å². The van der Waals surface area contributed by atoms with E-state index in [4.69, 9.17) is 16.6 Å². The van der Waals surface area contributed by atoms with Crippen LogP contribution < -0.4 is 14.7 Å². The Labute approximate surface area is 259 Å². The molecular weight excluding hydrogens is 590 g/mol. The number of para-hydroxylation sites is 2. The first-order valence-corrected chi connectivity index (χ1v) is 15.6. The number of nitrogens with zero attached hydrogens (tertiary/aromatic N) is 6. The fraction of sp³-hybridized carbons (Fsp3) is 0.281. The Balaban J connectivity index is 1.05. The topological polar surface area (TPSA) is 55.8 Å². The Kier molecular flexibility index (Phi) is 8.95. The summed E-state index contributed by atoms with van der Waals surface area (Å²) in [6, 6.07) is 22.9. The summed E-state index contributed by atoms with van der Waals surface area (Å²) in [6.45, 7) is 4.92. The zero-order valence-electron chi connectivity index (χ0n) is 23.5. The molecule has 1 amide bonds. The van der Waals surface area contributed by atoms with E-state index in [1.165, 1.54) is 23.9 Å². The lowest BCUT2D eigenvalue weighted by atomic mass is 10.1. The number of rotatable bonds is 7. The lowest BCUT2D eigenvalue weighted by Crippen LogP contribution is -2.49. The summed E-state index contributed by atoms with van der Waals surface area (Å²) < 4.78 is 28.4. The fourth-order valence-corrected chi connectivity index (χ4v) is 6.50. The molecule has 0 atom stereocenters. The Bertz CT molecular complexity index is 1590. The Morgan fingerprint density at radius 2 is 1.30 bits per heavy atom. The molecule has 0 aliphatic carbocycles.